The molecule has 0 radical (unpaired) electrons. The van der Waals surface area contributed by atoms with Crippen LogP contribution in [0.1, 0.15) is 54.6 Å². The Kier molecular flexibility index (Phi) is 5.03. The Balaban J connectivity index is 1.42. The van der Waals surface area contributed by atoms with Gasteiger partial charge in [-0.2, -0.15) is 0 Å². The Morgan fingerprint density at radius 3 is 2.52 bits per heavy atom. The van der Waals surface area contributed by atoms with Crippen molar-refractivity contribution in [3.8, 4) is 0 Å². The normalized spacial score (nSPS) is 20.0. The molecule has 0 spiro atoms. The number of hydrogen-bond acceptors (Lipinski definition) is 3. The van der Waals surface area contributed by atoms with Gasteiger partial charge >= 0.3 is 0 Å². The van der Waals surface area contributed by atoms with Crippen molar-refractivity contribution in [3.63, 3.8) is 0 Å². The lowest BCUT2D eigenvalue weighted by atomic mass is 9.96. The molecule has 1 saturated heterocycles. The molecule has 5 heteroatoms. The second kappa shape index (κ2) is 7.20. The number of aryl methyl sites for hydroxylation is 1. The maximum Gasteiger partial charge on any atom is 0.289 e. The summed E-state index contributed by atoms with van der Waals surface area (Å²) < 4.78 is 5.29. The number of furan rings is 1. The summed E-state index contributed by atoms with van der Waals surface area (Å²) in [5.41, 5.74) is 0.890. The first kappa shape index (κ1) is 16.1. The second-order valence-corrected chi connectivity index (χ2v) is 6.89. The Morgan fingerprint density at radius 1 is 1.22 bits per heavy atom. The van der Waals surface area contributed by atoms with Gasteiger partial charge in [0.15, 0.2) is 5.76 Å². The van der Waals surface area contributed by atoms with Crippen molar-refractivity contribution in [2.75, 3.05) is 19.6 Å². The van der Waals surface area contributed by atoms with E-state index in [2.05, 4.69) is 5.32 Å². The summed E-state index contributed by atoms with van der Waals surface area (Å²) in [7, 11) is 0. The SMILES string of the molecule is Cc1ccoc1C(=O)N1CCC(CNC(=O)C2CCCC2)CC1. The number of nitrogens with zero attached hydrogens (tertiary/aromatic N) is 1. The highest BCUT2D eigenvalue weighted by molar-refractivity contribution is 5.92. The third kappa shape index (κ3) is 3.77. The number of carbonyl (C=O) groups excluding carboxylic acids is 2. The molecular weight excluding hydrogens is 292 g/mol. The fourth-order valence-electron chi connectivity index (χ4n) is 3.65. The lowest BCUT2D eigenvalue weighted by Gasteiger charge is -2.31. The molecule has 0 bridgehead atoms. The molecule has 0 atom stereocenters. The van der Waals surface area contributed by atoms with Gasteiger partial charge in [0.2, 0.25) is 5.91 Å². The minimum absolute atomic E-state index is 0.0130. The van der Waals surface area contributed by atoms with Crippen LogP contribution in [-0.4, -0.2) is 36.3 Å². The van der Waals surface area contributed by atoms with Crippen LogP contribution in [0.3, 0.4) is 0 Å². The molecule has 1 aliphatic carbocycles. The molecule has 1 aromatic rings. The summed E-state index contributed by atoms with van der Waals surface area (Å²) in [6.45, 7) is 4.12. The highest BCUT2D eigenvalue weighted by Crippen LogP contribution is 2.25. The molecule has 2 heterocycles. The largest absolute Gasteiger partial charge is 0.459 e. The summed E-state index contributed by atoms with van der Waals surface area (Å²) in [5.74, 6) is 1.38. The highest BCUT2D eigenvalue weighted by atomic mass is 16.3. The minimum atomic E-state index is -0.0130. The fourth-order valence-corrected chi connectivity index (χ4v) is 3.65. The second-order valence-electron chi connectivity index (χ2n) is 6.89. The summed E-state index contributed by atoms with van der Waals surface area (Å²) in [5, 5.41) is 3.11. The van der Waals surface area contributed by atoms with E-state index in [4.69, 9.17) is 4.42 Å². The average Bonchev–Trinajstić information content (AvgIpc) is 3.24. The zero-order chi connectivity index (χ0) is 16.2. The van der Waals surface area contributed by atoms with Crippen molar-refractivity contribution >= 4 is 11.8 Å². The van der Waals surface area contributed by atoms with Gasteiger partial charge in [0.05, 0.1) is 6.26 Å². The van der Waals surface area contributed by atoms with Crippen LogP contribution in [0.2, 0.25) is 0 Å². The molecule has 2 aliphatic rings. The Morgan fingerprint density at radius 2 is 1.91 bits per heavy atom. The van der Waals surface area contributed by atoms with Crippen LogP contribution < -0.4 is 5.32 Å². The molecule has 2 fully saturated rings. The molecule has 1 saturated carbocycles. The van der Waals surface area contributed by atoms with Crippen molar-refractivity contribution in [1.29, 1.82) is 0 Å². The Hall–Kier alpha value is -1.78. The quantitative estimate of drug-likeness (QED) is 0.928. The predicted molar refractivity (Wildman–Crippen MR) is 87.0 cm³/mol. The van der Waals surface area contributed by atoms with E-state index < -0.39 is 0 Å². The van der Waals surface area contributed by atoms with E-state index in [0.29, 0.717) is 11.7 Å². The number of amides is 2. The third-order valence-electron chi connectivity index (χ3n) is 5.25. The molecule has 1 aromatic heterocycles. The van der Waals surface area contributed by atoms with Gasteiger partial charge in [0, 0.05) is 31.1 Å². The van der Waals surface area contributed by atoms with Gasteiger partial charge < -0.3 is 14.6 Å². The summed E-state index contributed by atoms with van der Waals surface area (Å²) >= 11 is 0. The number of piperidine rings is 1. The molecule has 1 N–H and O–H groups in total. The van der Waals surface area contributed by atoms with Gasteiger partial charge in [-0.05, 0) is 44.6 Å². The lowest BCUT2D eigenvalue weighted by Crippen LogP contribution is -2.42. The molecule has 0 aromatic carbocycles. The number of hydrogen-bond donors (Lipinski definition) is 1. The smallest absolute Gasteiger partial charge is 0.289 e. The highest BCUT2D eigenvalue weighted by Gasteiger charge is 2.27. The van der Waals surface area contributed by atoms with Crippen LogP contribution in [-0.2, 0) is 4.79 Å². The van der Waals surface area contributed by atoms with E-state index in [1.807, 2.05) is 17.9 Å². The zero-order valence-electron chi connectivity index (χ0n) is 13.8. The molecule has 3 rings (SSSR count). The molecule has 23 heavy (non-hydrogen) atoms. The first-order valence-corrected chi connectivity index (χ1v) is 8.76. The number of nitrogens with one attached hydrogen (secondary N) is 1. The van der Waals surface area contributed by atoms with Crippen molar-refractivity contribution in [2.24, 2.45) is 11.8 Å². The summed E-state index contributed by atoms with van der Waals surface area (Å²) in [4.78, 5) is 26.3. The van der Waals surface area contributed by atoms with Gasteiger partial charge in [-0.3, -0.25) is 9.59 Å². The number of rotatable bonds is 4. The lowest BCUT2D eigenvalue weighted by molar-refractivity contribution is -0.125. The number of carbonyl (C=O) groups is 2. The maximum atomic E-state index is 12.4. The first-order valence-electron chi connectivity index (χ1n) is 8.76. The molecular formula is C18H26N2O3. The van der Waals surface area contributed by atoms with Gasteiger partial charge in [-0.1, -0.05) is 12.8 Å². The molecule has 0 unspecified atom stereocenters. The van der Waals surface area contributed by atoms with Crippen molar-refractivity contribution in [2.45, 2.75) is 45.4 Å². The maximum absolute atomic E-state index is 12.4. The molecule has 2 amide bonds. The molecule has 1 aliphatic heterocycles. The third-order valence-corrected chi connectivity index (χ3v) is 5.25. The Labute approximate surface area is 137 Å². The molecule has 5 nitrogen and oxygen atoms in total. The predicted octanol–water partition coefficient (Wildman–Crippen LogP) is 2.75. The van der Waals surface area contributed by atoms with Crippen LogP contribution in [0.15, 0.2) is 16.7 Å². The average molecular weight is 318 g/mol. The van der Waals surface area contributed by atoms with E-state index in [0.717, 1.165) is 50.9 Å². The van der Waals surface area contributed by atoms with Crippen LogP contribution in [0.5, 0.6) is 0 Å². The van der Waals surface area contributed by atoms with Crippen LogP contribution in [0, 0.1) is 18.8 Å². The summed E-state index contributed by atoms with van der Waals surface area (Å²) in [6.07, 6.45) is 7.90. The monoisotopic (exact) mass is 318 g/mol. The van der Waals surface area contributed by atoms with E-state index in [1.165, 1.54) is 12.8 Å². The van der Waals surface area contributed by atoms with E-state index in [-0.39, 0.29) is 17.7 Å². The van der Waals surface area contributed by atoms with Crippen molar-refractivity contribution in [3.05, 3.63) is 23.7 Å². The van der Waals surface area contributed by atoms with Crippen LogP contribution in [0.25, 0.3) is 0 Å². The van der Waals surface area contributed by atoms with Gasteiger partial charge in [-0.25, -0.2) is 0 Å². The first-order chi connectivity index (χ1) is 11.1. The zero-order valence-corrected chi connectivity index (χ0v) is 13.8. The van der Waals surface area contributed by atoms with Crippen LogP contribution in [0.4, 0.5) is 0 Å². The molecule has 126 valence electrons. The van der Waals surface area contributed by atoms with Gasteiger partial charge in [-0.15, -0.1) is 0 Å². The van der Waals surface area contributed by atoms with Crippen molar-refractivity contribution in [1.82, 2.24) is 10.2 Å². The van der Waals surface area contributed by atoms with Crippen LogP contribution >= 0.6 is 0 Å². The van der Waals surface area contributed by atoms with Gasteiger partial charge in [0.25, 0.3) is 5.91 Å². The van der Waals surface area contributed by atoms with E-state index in [1.54, 1.807) is 6.26 Å². The standard InChI is InChI=1S/C18H26N2O3/c1-13-8-11-23-16(13)18(22)20-9-6-14(7-10-20)12-19-17(21)15-4-2-3-5-15/h8,11,14-15H,2-7,9-10,12H2,1H3,(H,19,21). The minimum Gasteiger partial charge on any atom is -0.459 e. The van der Waals surface area contributed by atoms with Crippen molar-refractivity contribution < 1.29 is 14.0 Å². The summed E-state index contributed by atoms with van der Waals surface area (Å²) in [6, 6.07) is 1.82. The van der Waals surface area contributed by atoms with E-state index >= 15 is 0 Å². The van der Waals surface area contributed by atoms with Gasteiger partial charge in [0.1, 0.15) is 0 Å². The number of likely N-dealkylation sites (tertiary alicyclic amines) is 1. The Bertz CT molecular complexity index is 552. The fraction of sp³-hybridized carbons (Fsp3) is 0.667. The van der Waals surface area contributed by atoms with E-state index in [9.17, 15) is 9.59 Å². The topological polar surface area (TPSA) is 62.6 Å².